The molecule has 0 aliphatic carbocycles. The molecular weight excluding hydrogens is 218 g/mol. The molecule has 0 aliphatic heterocycles. The highest BCUT2D eigenvalue weighted by Crippen LogP contribution is 2.18. The lowest BCUT2D eigenvalue weighted by Gasteiger charge is -2.14. The molecule has 17 heavy (non-hydrogen) atoms. The number of nitriles is 1. The topological polar surface area (TPSA) is 89.0 Å². The number of nitrogen functional groups attached to an aromatic ring is 1. The van der Waals surface area contributed by atoms with E-state index in [9.17, 15) is 4.79 Å². The minimum Gasteiger partial charge on any atom is -0.461 e. The molecule has 0 amide bonds. The molecule has 2 N–H and O–H groups in total. The molecule has 1 rings (SSSR count). The van der Waals surface area contributed by atoms with Crippen molar-refractivity contribution in [2.45, 2.75) is 20.3 Å². The SMILES string of the molecule is CC(C)(C#N)CCOC(=O)c1ccc(N)cn1. The van der Waals surface area contributed by atoms with Gasteiger partial charge >= 0.3 is 5.97 Å². The predicted molar refractivity (Wildman–Crippen MR) is 62.9 cm³/mol. The van der Waals surface area contributed by atoms with Gasteiger partial charge in [-0.05, 0) is 32.4 Å². The first kappa shape index (κ1) is 13.0. The fourth-order valence-electron chi connectivity index (χ4n) is 1.05. The van der Waals surface area contributed by atoms with Crippen LogP contribution in [0.5, 0.6) is 0 Å². The monoisotopic (exact) mass is 233 g/mol. The zero-order valence-electron chi connectivity index (χ0n) is 9.93. The zero-order valence-corrected chi connectivity index (χ0v) is 9.93. The Labute approximate surface area is 100 Å². The van der Waals surface area contributed by atoms with E-state index in [0.717, 1.165) is 0 Å². The van der Waals surface area contributed by atoms with Gasteiger partial charge in [0.05, 0.1) is 30.0 Å². The molecule has 0 fully saturated rings. The van der Waals surface area contributed by atoms with Gasteiger partial charge in [-0.15, -0.1) is 0 Å². The Morgan fingerprint density at radius 3 is 2.82 bits per heavy atom. The van der Waals surface area contributed by atoms with E-state index in [2.05, 4.69) is 11.1 Å². The minimum absolute atomic E-state index is 0.200. The second-order valence-corrected chi connectivity index (χ2v) is 4.36. The molecule has 0 radical (unpaired) electrons. The number of nitrogens with zero attached hydrogens (tertiary/aromatic N) is 2. The van der Waals surface area contributed by atoms with Gasteiger partial charge in [-0.25, -0.2) is 9.78 Å². The van der Waals surface area contributed by atoms with Crippen molar-refractivity contribution in [2.75, 3.05) is 12.3 Å². The predicted octanol–water partition coefficient (Wildman–Crippen LogP) is 1.76. The van der Waals surface area contributed by atoms with Gasteiger partial charge in [0.1, 0.15) is 5.69 Å². The Kier molecular flexibility index (Phi) is 4.05. The summed E-state index contributed by atoms with van der Waals surface area (Å²) in [4.78, 5) is 15.4. The quantitative estimate of drug-likeness (QED) is 0.800. The number of esters is 1. The average Bonchev–Trinajstić information content (AvgIpc) is 2.29. The van der Waals surface area contributed by atoms with Crippen molar-refractivity contribution in [1.82, 2.24) is 4.98 Å². The van der Waals surface area contributed by atoms with E-state index in [0.29, 0.717) is 12.1 Å². The number of hydrogen-bond donors (Lipinski definition) is 1. The maximum absolute atomic E-state index is 11.5. The fraction of sp³-hybridized carbons (Fsp3) is 0.417. The molecular formula is C12H15N3O2. The molecule has 0 aliphatic rings. The molecule has 0 aromatic carbocycles. The van der Waals surface area contributed by atoms with Crippen LogP contribution in [0.15, 0.2) is 18.3 Å². The van der Waals surface area contributed by atoms with Crippen LogP contribution in [0.3, 0.4) is 0 Å². The van der Waals surface area contributed by atoms with Crippen molar-refractivity contribution in [2.24, 2.45) is 5.41 Å². The minimum atomic E-state index is -0.501. The van der Waals surface area contributed by atoms with Crippen LogP contribution in [-0.4, -0.2) is 17.6 Å². The molecule has 5 heteroatoms. The maximum atomic E-state index is 11.5. The Bertz CT molecular complexity index is 432. The van der Waals surface area contributed by atoms with Gasteiger partial charge in [-0.3, -0.25) is 0 Å². The molecule has 1 aromatic rings. The number of carbonyl (C=O) groups excluding carboxylic acids is 1. The Morgan fingerprint density at radius 1 is 1.59 bits per heavy atom. The largest absolute Gasteiger partial charge is 0.461 e. The maximum Gasteiger partial charge on any atom is 0.356 e. The van der Waals surface area contributed by atoms with Crippen molar-refractivity contribution in [3.63, 3.8) is 0 Å². The first-order chi connectivity index (χ1) is 7.94. The summed E-state index contributed by atoms with van der Waals surface area (Å²) in [6, 6.07) is 5.23. The third kappa shape index (κ3) is 4.11. The number of ether oxygens (including phenoxy) is 1. The van der Waals surface area contributed by atoms with Gasteiger partial charge in [-0.2, -0.15) is 5.26 Å². The zero-order chi connectivity index (χ0) is 12.9. The lowest BCUT2D eigenvalue weighted by molar-refractivity contribution is 0.0468. The number of rotatable bonds is 4. The van der Waals surface area contributed by atoms with Gasteiger partial charge in [0.15, 0.2) is 0 Å². The Morgan fingerprint density at radius 2 is 2.29 bits per heavy atom. The van der Waals surface area contributed by atoms with Crippen LogP contribution in [0.2, 0.25) is 0 Å². The van der Waals surface area contributed by atoms with Gasteiger partial charge in [-0.1, -0.05) is 0 Å². The van der Waals surface area contributed by atoms with Crippen LogP contribution in [0, 0.1) is 16.7 Å². The number of nitrogens with two attached hydrogens (primary N) is 1. The highest BCUT2D eigenvalue weighted by atomic mass is 16.5. The van der Waals surface area contributed by atoms with Gasteiger partial charge < -0.3 is 10.5 Å². The van der Waals surface area contributed by atoms with E-state index in [1.807, 2.05) is 0 Å². The summed E-state index contributed by atoms with van der Waals surface area (Å²) < 4.78 is 5.01. The van der Waals surface area contributed by atoms with Crippen molar-refractivity contribution in [3.05, 3.63) is 24.0 Å². The molecule has 0 unspecified atom stereocenters. The summed E-state index contributed by atoms with van der Waals surface area (Å²) in [5.41, 5.74) is 5.67. The van der Waals surface area contributed by atoms with E-state index >= 15 is 0 Å². The molecule has 0 atom stereocenters. The van der Waals surface area contributed by atoms with Crippen LogP contribution in [-0.2, 0) is 4.74 Å². The van der Waals surface area contributed by atoms with Crippen LogP contribution in [0.25, 0.3) is 0 Å². The number of aromatic nitrogens is 1. The lowest BCUT2D eigenvalue weighted by Crippen LogP contribution is -2.15. The van der Waals surface area contributed by atoms with Gasteiger partial charge in [0, 0.05) is 0 Å². The van der Waals surface area contributed by atoms with Gasteiger partial charge in [0.2, 0.25) is 0 Å². The molecule has 0 spiro atoms. The van der Waals surface area contributed by atoms with Crippen molar-refractivity contribution in [3.8, 4) is 6.07 Å². The third-order valence-electron chi connectivity index (χ3n) is 2.26. The molecule has 1 aromatic heterocycles. The molecule has 5 nitrogen and oxygen atoms in total. The van der Waals surface area contributed by atoms with Crippen LogP contribution >= 0.6 is 0 Å². The summed E-state index contributed by atoms with van der Waals surface area (Å²) in [6.07, 6.45) is 1.89. The van der Waals surface area contributed by atoms with Crippen molar-refractivity contribution in [1.29, 1.82) is 5.26 Å². The average molecular weight is 233 g/mol. The second kappa shape index (κ2) is 5.30. The number of anilines is 1. The normalized spacial score (nSPS) is 10.6. The molecule has 90 valence electrons. The smallest absolute Gasteiger partial charge is 0.356 e. The lowest BCUT2D eigenvalue weighted by atomic mass is 9.92. The molecule has 1 heterocycles. The standard InChI is InChI=1S/C12H15N3O2/c1-12(2,8-13)5-6-17-11(16)10-4-3-9(14)7-15-10/h3-4,7H,5-6,14H2,1-2H3. The Balaban J connectivity index is 2.46. The van der Waals surface area contributed by atoms with E-state index < -0.39 is 11.4 Å². The highest BCUT2D eigenvalue weighted by molar-refractivity contribution is 5.87. The summed E-state index contributed by atoms with van der Waals surface area (Å²) in [5.74, 6) is -0.501. The van der Waals surface area contributed by atoms with E-state index in [1.54, 1.807) is 19.9 Å². The van der Waals surface area contributed by atoms with Crippen molar-refractivity contribution < 1.29 is 9.53 Å². The van der Waals surface area contributed by atoms with Crippen molar-refractivity contribution >= 4 is 11.7 Å². The first-order valence-corrected chi connectivity index (χ1v) is 5.24. The fourth-order valence-corrected chi connectivity index (χ4v) is 1.05. The molecule has 0 saturated carbocycles. The Hall–Kier alpha value is -2.09. The van der Waals surface area contributed by atoms with Crippen LogP contribution < -0.4 is 5.73 Å². The van der Waals surface area contributed by atoms with Gasteiger partial charge in [0.25, 0.3) is 0 Å². The van der Waals surface area contributed by atoms with E-state index in [4.69, 9.17) is 15.7 Å². The van der Waals surface area contributed by atoms with E-state index in [-0.39, 0.29) is 12.3 Å². The van der Waals surface area contributed by atoms with Crippen LogP contribution in [0.1, 0.15) is 30.8 Å². The van der Waals surface area contributed by atoms with Crippen LogP contribution in [0.4, 0.5) is 5.69 Å². The number of pyridine rings is 1. The first-order valence-electron chi connectivity index (χ1n) is 5.24. The third-order valence-corrected chi connectivity index (χ3v) is 2.26. The summed E-state index contributed by atoms with van der Waals surface area (Å²) in [5, 5.41) is 8.79. The summed E-state index contributed by atoms with van der Waals surface area (Å²) in [6.45, 7) is 3.79. The second-order valence-electron chi connectivity index (χ2n) is 4.36. The number of carbonyl (C=O) groups is 1. The molecule has 0 saturated heterocycles. The number of hydrogen-bond acceptors (Lipinski definition) is 5. The highest BCUT2D eigenvalue weighted by Gasteiger charge is 2.17. The summed E-state index contributed by atoms with van der Waals surface area (Å²) in [7, 11) is 0. The van der Waals surface area contributed by atoms with E-state index in [1.165, 1.54) is 12.3 Å². The summed E-state index contributed by atoms with van der Waals surface area (Å²) >= 11 is 0. The molecule has 0 bridgehead atoms.